The summed E-state index contributed by atoms with van der Waals surface area (Å²) in [7, 11) is 0. The summed E-state index contributed by atoms with van der Waals surface area (Å²) in [5, 5.41) is 6.27. The minimum Gasteiger partial charge on any atom is -0.482 e. The summed E-state index contributed by atoms with van der Waals surface area (Å²) in [4.78, 5) is 36.3. The van der Waals surface area contributed by atoms with Gasteiger partial charge in [0.2, 0.25) is 6.10 Å². The van der Waals surface area contributed by atoms with Crippen LogP contribution < -0.4 is 10.1 Å². The summed E-state index contributed by atoms with van der Waals surface area (Å²) in [5.74, 6) is -0.227. The molecule has 30 heavy (non-hydrogen) atoms. The van der Waals surface area contributed by atoms with Gasteiger partial charge >= 0.3 is 5.97 Å². The Morgan fingerprint density at radius 1 is 1.07 bits per heavy atom. The monoisotopic (exact) mass is 408 g/mol. The van der Waals surface area contributed by atoms with Crippen molar-refractivity contribution in [1.82, 2.24) is 5.16 Å². The smallest absolute Gasteiger partial charge is 0.345 e. The average Bonchev–Trinajstić information content (AvgIpc) is 3.15. The number of amides is 1. The van der Waals surface area contributed by atoms with E-state index in [4.69, 9.17) is 14.0 Å². The number of aromatic nitrogens is 1. The lowest BCUT2D eigenvalue weighted by atomic mass is 10.1. The van der Waals surface area contributed by atoms with E-state index in [9.17, 15) is 14.4 Å². The van der Waals surface area contributed by atoms with E-state index in [-0.39, 0.29) is 11.6 Å². The van der Waals surface area contributed by atoms with Crippen molar-refractivity contribution in [2.75, 3.05) is 11.9 Å². The van der Waals surface area contributed by atoms with Crippen LogP contribution >= 0.6 is 0 Å². The van der Waals surface area contributed by atoms with E-state index in [1.807, 2.05) is 0 Å². The molecule has 1 atom stereocenters. The third kappa shape index (κ3) is 5.54. The fraction of sp³-hybridized carbons (Fsp3) is 0.182. The largest absolute Gasteiger partial charge is 0.482 e. The second-order valence-electron chi connectivity index (χ2n) is 6.46. The standard InChI is InChI=1S/C22H20N2O6/c1-14-12-19(24-30-14)23-22(27)21(17-6-4-3-5-7-17)29-20(26)13-28-18-10-8-16(9-11-18)15(2)25/h3-12,21H,13H2,1-2H3,(H,23,24,27). The van der Waals surface area contributed by atoms with E-state index in [2.05, 4.69) is 10.5 Å². The van der Waals surface area contributed by atoms with E-state index >= 15 is 0 Å². The molecule has 1 heterocycles. The molecule has 8 nitrogen and oxygen atoms in total. The lowest BCUT2D eigenvalue weighted by molar-refractivity contribution is -0.156. The van der Waals surface area contributed by atoms with Gasteiger partial charge in [-0.05, 0) is 38.1 Å². The first-order valence-electron chi connectivity index (χ1n) is 9.15. The second-order valence-corrected chi connectivity index (χ2v) is 6.46. The molecule has 0 fully saturated rings. The maximum absolute atomic E-state index is 12.7. The summed E-state index contributed by atoms with van der Waals surface area (Å²) in [6.07, 6.45) is -1.20. The predicted molar refractivity (Wildman–Crippen MR) is 107 cm³/mol. The van der Waals surface area contributed by atoms with E-state index in [0.29, 0.717) is 22.6 Å². The zero-order chi connectivity index (χ0) is 21.5. The van der Waals surface area contributed by atoms with E-state index in [1.54, 1.807) is 67.6 Å². The molecule has 0 aliphatic heterocycles. The molecule has 154 valence electrons. The Balaban J connectivity index is 1.65. The number of hydrogen-bond acceptors (Lipinski definition) is 7. The lowest BCUT2D eigenvalue weighted by Crippen LogP contribution is -2.28. The first kappa shape index (κ1) is 20.8. The van der Waals surface area contributed by atoms with Crippen LogP contribution in [0.25, 0.3) is 0 Å². The van der Waals surface area contributed by atoms with E-state index in [1.165, 1.54) is 6.92 Å². The SMILES string of the molecule is CC(=O)c1ccc(OCC(=O)OC(C(=O)Nc2cc(C)on2)c2ccccc2)cc1. The summed E-state index contributed by atoms with van der Waals surface area (Å²) >= 11 is 0. The molecule has 0 saturated heterocycles. The molecular weight excluding hydrogens is 388 g/mol. The summed E-state index contributed by atoms with van der Waals surface area (Å²) in [5.41, 5.74) is 1.03. The number of aryl methyl sites for hydroxylation is 1. The van der Waals surface area contributed by atoms with Gasteiger partial charge in [-0.2, -0.15) is 0 Å². The molecule has 0 bridgehead atoms. The molecule has 0 radical (unpaired) electrons. The number of benzene rings is 2. The number of hydrogen-bond donors (Lipinski definition) is 1. The zero-order valence-corrected chi connectivity index (χ0v) is 16.5. The molecule has 0 spiro atoms. The van der Waals surface area contributed by atoms with Crippen molar-refractivity contribution in [1.29, 1.82) is 0 Å². The van der Waals surface area contributed by atoms with Gasteiger partial charge in [0.15, 0.2) is 18.2 Å². The van der Waals surface area contributed by atoms with Crippen molar-refractivity contribution in [3.63, 3.8) is 0 Å². The highest BCUT2D eigenvalue weighted by molar-refractivity contribution is 5.95. The summed E-state index contributed by atoms with van der Waals surface area (Å²) in [6, 6.07) is 16.5. The molecule has 0 saturated carbocycles. The molecule has 3 rings (SSSR count). The summed E-state index contributed by atoms with van der Waals surface area (Å²) < 4.78 is 15.7. The normalized spacial score (nSPS) is 11.4. The molecule has 8 heteroatoms. The number of esters is 1. The quantitative estimate of drug-likeness (QED) is 0.449. The van der Waals surface area contributed by atoms with Gasteiger partial charge in [-0.25, -0.2) is 4.79 Å². The van der Waals surface area contributed by atoms with Gasteiger partial charge in [-0.1, -0.05) is 35.5 Å². The van der Waals surface area contributed by atoms with Crippen LogP contribution in [0.5, 0.6) is 5.75 Å². The highest BCUT2D eigenvalue weighted by Crippen LogP contribution is 2.21. The highest BCUT2D eigenvalue weighted by atomic mass is 16.6. The molecule has 3 aromatic rings. The number of Topliss-reactive ketones (excluding diaryl/α,β-unsaturated/α-hetero) is 1. The Morgan fingerprint density at radius 3 is 2.37 bits per heavy atom. The molecule has 1 aromatic heterocycles. The second kappa shape index (κ2) is 9.51. The van der Waals surface area contributed by atoms with Gasteiger partial charge in [-0.15, -0.1) is 0 Å². The molecule has 2 aromatic carbocycles. The van der Waals surface area contributed by atoms with Crippen LogP contribution in [0.1, 0.15) is 34.7 Å². The maximum atomic E-state index is 12.7. The summed E-state index contributed by atoms with van der Waals surface area (Å²) in [6.45, 7) is 2.75. The topological polar surface area (TPSA) is 108 Å². The molecule has 1 amide bonds. The number of anilines is 1. The molecular formula is C22H20N2O6. The van der Waals surface area contributed by atoms with E-state index < -0.39 is 24.6 Å². The number of ketones is 1. The fourth-order valence-corrected chi connectivity index (χ4v) is 2.61. The van der Waals surface area contributed by atoms with Crippen molar-refractivity contribution >= 4 is 23.5 Å². The van der Waals surface area contributed by atoms with Crippen LogP contribution in [0.15, 0.2) is 65.2 Å². The van der Waals surface area contributed by atoms with Crippen LogP contribution in [0, 0.1) is 6.92 Å². The van der Waals surface area contributed by atoms with Crippen LogP contribution in [0.4, 0.5) is 5.82 Å². The first-order chi connectivity index (χ1) is 14.4. The third-order valence-corrected chi connectivity index (χ3v) is 4.09. The van der Waals surface area contributed by atoms with Crippen LogP contribution in [0.3, 0.4) is 0 Å². The number of nitrogens with one attached hydrogen (secondary N) is 1. The Hall–Kier alpha value is -3.94. The number of nitrogens with zero attached hydrogens (tertiary/aromatic N) is 1. The minimum atomic E-state index is -1.20. The van der Waals surface area contributed by atoms with Crippen molar-refractivity contribution in [3.8, 4) is 5.75 Å². The highest BCUT2D eigenvalue weighted by Gasteiger charge is 2.26. The van der Waals surface area contributed by atoms with Crippen molar-refractivity contribution < 1.29 is 28.4 Å². The Labute approximate surface area is 172 Å². The van der Waals surface area contributed by atoms with Gasteiger partial charge in [0.05, 0.1) is 0 Å². The van der Waals surface area contributed by atoms with Crippen LogP contribution in [-0.2, 0) is 14.3 Å². The zero-order valence-electron chi connectivity index (χ0n) is 16.5. The van der Waals surface area contributed by atoms with Crippen molar-refractivity contribution in [2.45, 2.75) is 20.0 Å². The molecule has 1 unspecified atom stereocenters. The van der Waals surface area contributed by atoms with Gasteiger partial charge < -0.3 is 19.3 Å². The minimum absolute atomic E-state index is 0.0695. The van der Waals surface area contributed by atoms with Crippen LogP contribution in [0.2, 0.25) is 0 Å². The lowest BCUT2D eigenvalue weighted by Gasteiger charge is -2.17. The number of rotatable bonds is 8. The van der Waals surface area contributed by atoms with Gasteiger partial charge in [0, 0.05) is 17.2 Å². The maximum Gasteiger partial charge on any atom is 0.345 e. The third-order valence-electron chi connectivity index (χ3n) is 4.09. The number of carbonyl (C=O) groups excluding carboxylic acids is 3. The van der Waals surface area contributed by atoms with Gasteiger partial charge in [0.1, 0.15) is 11.5 Å². The van der Waals surface area contributed by atoms with Gasteiger partial charge in [0.25, 0.3) is 5.91 Å². The fourth-order valence-electron chi connectivity index (χ4n) is 2.61. The van der Waals surface area contributed by atoms with E-state index in [0.717, 1.165) is 0 Å². The Morgan fingerprint density at radius 2 is 1.77 bits per heavy atom. The van der Waals surface area contributed by atoms with Crippen molar-refractivity contribution in [3.05, 3.63) is 77.6 Å². The Bertz CT molecular complexity index is 1030. The van der Waals surface area contributed by atoms with Gasteiger partial charge in [-0.3, -0.25) is 9.59 Å². The number of ether oxygens (including phenoxy) is 2. The molecule has 0 aliphatic rings. The first-order valence-corrected chi connectivity index (χ1v) is 9.15. The average molecular weight is 408 g/mol. The predicted octanol–water partition coefficient (Wildman–Crippen LogP) is 3.49. The molecule has 1 N–H and O–H groups in total. The van der Waals surface area contributed by atoms with Crippen molar-refractivity contribution in [2.24, 2.45) is 0 Å². The Kier molecular flexibility index (Phi) is 6.59. The molecule has 0 aliphatic carbocycles. The van der Waals surface area contributed by atoms with Crippen LogP contribution in [-0.4, -0.2) is 29.4 Å². The number of carbonyl (C=O) groups is 3.